The third kappa shape index (κ3) is 3.13. The highest BCUT2D eigenvalue weighted by molar-refractivity contribution is 6.30. The first-order valence-electron chi connectivity index (χ1n) is 5.85. The summed E-state index contributed by atoms with van der Waals surface area (Å²) in [7, 11) is 0. The Bertz CT molecular complexity index is 363. The molecule has 1 aliphatic rings. The predicted octanol–water partition coefficient (Wildman–Crippen LogP) is 3.27. The molecule has 1 fully saturated rings. The molecule has 0 aromatic heterocycles. The van der Waals surface area contributed by atoms with Gasteiger partial charge in [0.05, 0.1) is 0 Å². The van der Waals surface area contributed by atoms with Crippen LogP contribution in [-0.2, 0) is 0 Å². The van der Waals surface area contributed by atoms with Crippen LogP contribution in [0.4, 0.5) is 5.69 Å². The molecule has 16 heavy (non-hydrogen) atoms. The average molecular weight is 239 g/mol. The molecular weight excluding hydrogens is 220 g/mol. The van der Waals surface area contributed by atoms with Crippen LogP contribution in [-0.4, -0.2) is 12.1 Å². The highest BCUT2D eigenvalue weighted by Crippen LogP contribution is 2.37. The van der Waals surface area contributed by atoms with Gasteiger partial charge in [0, 0.05) is 22.8 Å². The van der Waals surface area contributed by atoms with Crippen LogP contribution < -0.4 is 11.1 Å². The molecular formula is C13H19ClN2. The summed E-state index contributed by atoms with van der Waals surface area (Å²) < 4.78 is 0. The number of nitrogens with one attached hydrogen (secondary N) is 1. The molecule has 0 saturated heterocycles. The molecule has 0 spiro atoms. The van der Waals surface area contributed by atoms with E-state index in [1.54, 1.807) is 0 Å². The van der Waals surface area contributed by atoms with E-state index in [2.05, 4.69) is 12.2 Å². The fourth-order valence-corrected chi connectivity index (χ4v) is 2.25. The van der Waals surface area contributed by atoms with Gasteiger partial charge in [-0.05, 0) is 37.5 Å². The standard InChI is InChI=1S/C13H19ClN2/c1-13(9-15,8-10-5-6-10)16-12-4-2-3-11(14)7-12/h2-4,7,10,16H,5-6,8-9,15H2,1H3. The van der Waals surface area contributed by atoms with Crippen LogP contribution in [0.2, 0.25) is 5.02 Å². The molecule has 0 amide bonds. The Hall–Kier alpha value is -0.730. The van der Waals surface area contributed by atoms with E-state index in [1.807, 2.05) is 24.3 Å². The molecule has 3 N–H and O–H groups in total. The maximum Gasteiger partial charge on any atom is 0.0470 e. The SMILES string of the molecule is CC(CN)(CC1CC1)Nc1cccc(Cl)c1. The van der Waals surface area contributed by atoms with Gasteiger partial charge >= 0.3 is 0 Å². The van der Waals surface area contributed by atoms with Crippen LogP contribution in [0.1, 0.15) is 26.2 Å². The number of halogens is 1. The quantitative estimate of drug-likeness (QED) is 0.826. The third-order valence-electron chi connectivity index (χ3n) is 3.16. The summed E-state index contributed by atoms with van der Waals surface area (Å²) in [6, 6.07) is 7.82. The van der Waals surface area contributed by atoms with Gasteiger partial charge in [-0.1, -0.05) is 30.5 Å². The molecule has 2 rings (SSSR count). The molecule has 1 saturated carbocycles. The average Bonchev–Trinajstić information content (AvgIpc) is 3.01. The second-order valence-corrected chi connectivity index (χ2v) is 5.48. The first-order chi connectivity index (χ1) is 7.61. The molecule has 1 unspecified atom stereocenters. The molecule has 2 nitrogen and oxygen atoms in total. The maximum absolute atomic E-state index is 5.96. The second kappa shape index (κ2) is 4.64. The zero-order valence-electron chi connectivity index (χ0n) is 9.67. The van der Waals surface area contributed by atoms with Crippen LogP contribution in [0.15, 0.2) is 24.3 Å². The van der Waals surface area contributed by atoms with Gasteiger partial charge in [-0.25, -0.2) is 0 Å². The summed E-state index contributed by atoms with van der Waals surface area (Å²) in [6.45, 7) is 2.84. The van der Waals surface area contributed by atoms with Crippen molar-refractivity contribution in [1.82, 2.24) is 0 Å². The van der Waals surface area contributed by atoms with Gasteiger partial charge in [0.2, 0.25) is 0 Å². The smallest absolute Gasteiger partial charge is 0.0470 e. The molecule has 88 valence electrons. The van der Waals surface area contributed by atoms with E-state index < -0.39 is 0 Å². The molecule has 1 aromatic carbocycles. The van der Waals surface area contributed by atoms with Crippen LogP contribution in [0.3, 0.4) is 0 Å². The Morgan fingerprint density at radius 3 is 2.81 bits per heavy atom. The lowest BCUT2D eigenvalue weighted by Crippen LogP contribution is -2.43. The lowest BCUT2D eigenvalue weighted by Gasteiger charge is -2.31. The summed E-state index contributed by atoms with van der Waals surface area (Å²) >= 11 is 5.96. The highest BCUT2D eigenvalue weighted by atomic mass is 35.5. The summed E-state index contributed by atoms with van der Waals surface area (Å²) in [5.41, 5.74) is 6.92. The van der Waals surface area contributed by atoms with E-state index in [4.69, 9.17) is 17.3 Å². The summed E-state index contributed by atoms with van der Waals surface area (Å²) in [6.07, 6.45) is 3.86. The van der Waals surface area contributed by atoms with Gasteiger partial charge in [0.25, 0.3) is 0 Å². The third-order valence-corrected chi connectivity index (χ3v) is 3.39. The number of hydrogen-bond donors (Lipinski definition) is 2. The minimum atomic E-state index is -0.00809. The molecule has 3 heteroatoms. The van der Waals surface area contributed by atoms with Crippen molar-refractivity contribution in [3.63, 3.8) is 0 Å². The summed E-state index contributed by atoms with van der Waals surface area (Å²) in [4.78, 5) is 0. The monoisotopic (exact) mass is 238 g/mol. The molecule has 0 heterocycles. The van der Waals surface area contributed by atoms with E-state index >= 15 is 0 Å². The topological polar surface area (TPSA) is 38.0 Å². The number of hydrogen-bond acceptors (Lipinski definition) is 2. The van der Waals surface area contributed by atoms with Gasteiger partial charge in [0.15, 0.2) is 0 Å². The van der Waals surface area contributed by atoms with Gasteiger partial charge in [-0.2, -0.15) is 0 Å². The molecule has 0 aliphatic heterocycles. The van der Waals surface area contributed by atoms with Gasteiger partial charge in [-0.3, -0.25) is 0 Å². The Morgan fingerprint density at radius 2 is 2.25 bits per heavy atom. The minimum absolute atomic E-state index is 0.00809. The van der Waals surface area contributed by atoms with E-state index in [1.165, 1.54) is 12.8 Å². The first kappa shape index (κ1) is 11.7. The van der Waals surface area contributed by atoms with Crippen molar-refractivity contribution in [2.75, 3.05) is 11.9 Å². The zero-order valence-corrected chi connectivity index (χ0v) is 10.4. The van der Waals surface area contributed by atoms with E-state index in [9.17, 15) is 0 Å². The maximum atomic E-state index is 5.96. The van der Waals surface area contributed by atoms with Crippen LogP contribution >= 0.6 is 11.6 Å². The van der Waals surface area contributed by atoms with Gasteiger partial charge in [-0.15, -0.1) is 0 Å². The number of nitrogens with two attached hydrogens (primary N) is 1. The van der Waals surface area contributed by atoms with Crippen molar-refractivity contribution in [3.8, 4) is 0 Å². The molecule has 0 bridgehead atoms. The van der Waals surface area contributed by atoms with Crippen molar-refractivity contribution in [2.24, 2.45) is 11.7 Å². The van der Waals surface area contributed by atoms with Crippen molar-refractivity contribution >= 4 is 17.3 Å². The van der Waals surface area contributed by atoms with Crippen molar-refractivity contribution in [1.29, 1.82) is 0 Å². The normalized spacial score (nSPS) is 19.2. The van der Waals surface area contributed by atoms with Crippen LogP contribution in [0, 0.1) is 5.92 Å². The predicted molar refractivity (Wildman–Crippen MR) is 69.9 cm³/mol. The van der Waals surface area contributed by atoms with Crippen LogP contribution in [0.25, 0.3) is 0 Å². The fourth-order valence-electron chi connectivity index (χ4n) is 2.06. The summed E-state index contributed by atoms with van der Waals surface area (Å²) in [5.74, 6) is 0.861. The van der Waals surface area contributed by atoms with Crippen molar-refractivity contribution in [3.05, 3.63) is 29.3 Å². The van der Waals surface area contributed by atoms with Gasteiger partial charge < -0.3 is 11.1 Å². The molecule has 0 radical (unpaired) electrons. The lowest BCUT2D eigenvalue weighted by atomic mass is 9.94. The highest BCUT2D eigenvalue weighted by Gasteiger charge is 2.32. The van der Waals surface area contributed by atoms with Gasteiger partial charge in [0.1, 0.15) is 0 Å². The number of anilines is 1. The Labute approximate surface area is 102 Å². The number of rotatable bonds is 5. The summed E-state index contributed by atoms with van der Waals surface area (Å²) in [5, 5.41) is 4.27. The first-order valence-corrected chi connectivity index (χ1v) is 6.23. The van der Waals surface area contributed by atoms with E-state index in [-0.39, 0.29) is 5.54 Å². The molecule has 1 atom stereocenters. The minimum Gasteiger partial charge on any atom is -0.379 e. The van der Waals surface area contributed by atoms with Crippen molar-refractivity contribution < 1.29 is 0 Å². The fraction of sp³-hybridized carbons (Fsp3) is 0.538. The lowest BCUT2D eigenvalue weighted by molar-refractivity contribution is 0.453. The van der Waals surface area contributed by atoms with Crippen molar-refractivity contribution in [2.45, 2.75) is 31.7 Å². The van der Waals surface area contributed by atoms with E-state index in [0.29, 0.717) is 6.54 Å². The number of benzene rings is 1. The second-order valence-electron chi connectivity index (χ2n) is 5.05. The molecule has 1 aliphatic carbocycles. The Kier molecular flexibility index (Phi) is 3.41. The zero-order chi connectivity index (χ0) is 11.6. The Morgan fingerprint density at radius 1 is 1.50 bits per heavy atom. The van der Waals surface area contributed by atoms with E-state index in [0.717, 1.165) is 23.0 Å². The van der Waals surface area contributed by atoms with Crippen LogP contribution in [0.5, 0.6) is 0 Å². The Balaban J connectivity index is 2.04. The molecule has 1 aromatic rings. The largest absolute Gasteiger partial charge is 0.379 e.